The Morgan fingerprint density at radius 1 is 0.727 bits per heavy atom. The van der Waals surface area contributed by atoms with Gasteiger partial charge in [0, 0.05) is 55.4 Å². The van der Waals surface area contributed by atoms with Crippen LogP contribution in [0, 0.1) is 35.0 Å². The molecule has 1 fully saturated rings. The predicted molar refractivity (Wildman–Crippen MR) is 309 cm³/mol. The minimum absolute atomic E-state index is 0.0532. The second-order valence-electron chi connectivity index (χ2n) is 19.5. The summed E-state index contributed by atoms with van der Waals surface area (Å²) in [6.07, 6.45) is 16.4. The average molecular weight is 1080 g/mol. The van der Waals surface area contributed by atoms with Gasteiger partial charge in [-0.15, -0.1) is 12.3 Å². The molecule has 3 atom stereocenters. The van der Waals surface area contributed by atoms with Gasteiger partial charge in [0.2, 0.25) is 5.91 Å². The fraction of sp³-hybridized carbons (Fsp3) is 0.683. The van der Waals surface area contributed by atoms with Gasteiger partial charge in [0.05, 0.1) is 111 Å². The van der Waals surface area contributed by atoms with E-state index >= 15 is 0 Å². The van der Waals surface area contributed by atoms with Gasteiger partial charge >= 0.3 is 0 Å². The lowest BCUT2D eigenvalue weighted by molar-refractivity contribution is -0.126. The molecule has 1 amide bonds. The first-order valence-electron chi connectivity index (χ1n) is 28.4. The lowest BCUT2D eigenvalue weighted by Crippen LogP contribution is -2.48. The Morgan fingerprint density at radius 3 is 1.78 bits per heavy atom. The number of ether oxygens (including phenoxy) is 9. The van der Waals surface area contributed by atoms with Gasteiger partial charge < -0.3 is 68.8 Å². The molecule has 1 aliphatic carbocycles. The standard InChI is InChI=1S/C57H97N7O10.C3H4/c1-7-15-52(63(6)26-24-54(48-16-11-9-12-17-48)62-57(65)50-18-13-10-14-19-50)43-47(5)64(55(59)46(3)4)56(60)49-20-22-53(23-21-49)74-42-41-72-38-37-70-35-36-71-39-40-73-45-51(58)44-61-25-28-67-30-32-69-34-33-68-31-29-66-27-8-2;1-3-2/h9,11-12,16-17,20-23,44,46-47,50,52,54,59-61H,7-8,10,13-15,18-19,24-43,45,58H2,1-6H3,(H,62,65);1H,2H3/b51-44-,59-55?,60-56?;. The van der Waals surface area contributed by atoms with E-state index in [0.29, 0.717) is 135 Å². The van der Waals surface area contributed by atoms with Gasteiger partial charge in [0.15, 0.2) is 0 Å². The molecule has 77 heavy (non-hydrogen) atoms. The molecule has 0 saturated heterocycles. The van der Waals surface area contributed by atoms with E-state index < -0.39 is 0 Å². The monoisotopic (exact) mass is 1080 g/mol. The first kappa shape index (κ1) is 68.5. The molecule has 3 unspecified atom stereocenters. The van der Waals surface area contributed by atoms with Gasteiger partial charge in [-0.05, 0) is 89.2 Å². The van der Waals surface area contributed by atoms with Crippen LogP contribution in [0.4, 0.5) is 0 Å². The summed E-state index contributed by atoms with van der Waals surface area (Å²) >= 11 is 0. The van der Waals surface area contributed by atoms with Crippen LogP contribution < -0.4 is 21.1 Å². The number of nitrogens with one attached hydrogen (secondary N) is 4. The average Bonchev–Trinajstić information content (AvgIpc) is 3.43. The van der Waals surface area contributed by atoms with Gasteiger partial charge in [-0.1, -0.05) is 83.7 Å². The van der Waals surface area contributed by atoms with Gasteiger partial charge in [-0.2, -0.15) is 0 Å². The van der Waals surface area contributed by atoms with Crippen LogP contribution in [0.25, 0.3) is 0 Å². The Kier molecular flexibility index (Phi) is 40.3. The Bertz CT molecular complexity index is 1860. The van der Waals surface area contributed by atoms with Crippen molar-refractivity contribution >= 4 is 17.6 Å². The van der Waals surface area contributed by atoms with Crippen LogP contribution >= 0.6 is 0 Å². The van der Waals surface area contributed by atoms with Crippen molar-refractivity contribution in [3.63, 3.8) is 0 Å². The number of hydrogen-bond acceptors (Lipinski definition) is 15. The van der Waals surface area contributed by atoms with Gasteiger partial charge in [0.25, 0.3) is 0 Å². The molecule has 6 N–H and O–H groups in total. The van der Waals surface area contributed by atoms with E-state index in [0.717, 1.165) is 82.1 Å². The number of benzene rings is 2. The Hall–Kier alpha value is -4.61. The molecule has 17 heteroatoms. The summed E-state index contributed by atoms with van der Waals surface area (Å²) in [5.41, 5.74) is 8.45. The highest BCUT2D eigenvalue weighted by Gasteiger charge is 2.29. The Balaban J connectivity index is 0.00000659. The van der Waals surface area contributed by atoms with Crippen molar-refractivity contribution in [2.45, 2.75) is 124 Å². The van der Waals surface area contributed by atoms with Crippen LogP contribution in [0.15, 0.2) is 66.5 Å². The van der Waals surface area contributed by atoms with E-state index in [1.54, 1.807) is 13.1 Å². The van der Waals surface area contributed by atoms with Crippen molar-refractivity contribution in [3.8, 4) is 18.1 Å². The molecule has 0 aromatic heterocycles. The van der Waals surface area contributed by atoms with Crippen LogP contribution in [-0.2, 0) is 42.7 Å². The molecule has 0 bridgehead atoms. The summed E-state index contributed by atoms with van der Waals surface area (Å²) < 4.78 is 50.3. The SMILES string of the molecule is C#CC.CCCOCCOCCOCCOCCN/C=C(\N)COCCOCCOCCOCCOc1ccc(C(=N)N(C(=N)C(C)C)C(C)CC(CCC)N(C)CCC(NC(=O)C2CCCCC2)c2ccccc2)cc1. The molecule has 2 aromatic carbocycles. The van der Waals surface area contributed by atoms with Crippen molar-refractivity contribution in [2.24, 2.45) is 17.6 Å². The highest BCUT2D eigenvalue weighted by Crippen LogP contribution is 2.27. The van der Waals surface area contributed by atoms with Crippen LogP contribution in [0.5, 0.6) is 5.75 Å². The number of nitrogens with zero attached hydrogens (tertiary/aromatic N) is 2. The Morgan fingerprint density at radius 2 is 1.25 bits per heavy atom. The lowest BCUT2D eigenvalue weighted by atomic mass is 9.88. The molecule has 436 valence electrons. The zero-order valence-electron chi connectivity index (χ0n) is 48.3. The summed E-state index contributed by atoms with van der Waals surface area (Å²) in [5.74, 6) is 3.90. The maximum Gasteiger partial charge on any atom is 0.223 e. The fourth-order valence-corrected chi connectivity index (χ4v) is 8.58. The number of rotatable bonds is 44. The van der Waals surface area contributed by atoms with Crippen molar-refractivity contribution in [3.05, 3.63) is 77.6 Å². The van der Waals surface area contributed by atoms with Crippen LogP contribution in [-0.4, -0.2) is 172 Å². The maximum atomic E-state index is 13.4. The molecule has 2 aromatic rings. The quantitative estimate of drug-likeness (QED) is 0.0183. The van der Waals surface area contributed by atoms with Crippen molar-refractivity contribution < 1.29 is 47.4 Å². The van der Waals surface area contributed by atoms with E-state index in [9.17, 15) is 10.2 Å². The second-order valence-corrected chi connectivity index (χ2v) is 19.5. The van der Waals surface area contributed by atoms with Crippen molar-refractivity contribution in [2.75, 3.05) is 132 Å². The molecule has 0 heterocycles. The summed E-state index contributed by atoms with van der Waals surface area (Å²) in [4.78, 5) is 17.7. The first-order valence-corrected chi connectivity index (χ1v) is 28.4. The number of amidine groups is 2. The molecule has 1 saturated carbocycles. The van der Waals surface area contributed by atoms with Crippen LogP contribution in [0.3, 0.4) is 0 Å². The zero-order chi connectivity index (χ0) is 56.1. The molecule has 0 aliphatic heterocycles. The second kappa shape index (κ2) is 45.3. The number of nitrogens with two attached hydrogens (primary N) is 1. The minimum atomic E-state index is -0.0908. The summed E-state index contributed by atoms with van der Waals surface area (Å²) in [6.45, 7) is 21.9. The van der Waals surface area contributed by atoms with Gasteiger partial charge in [-0.25, -0.2) is 0 Å². The van der Waals surface area contributed by atoms with E-state index in [1.807, 2.05) is 61.2 Å². The normalized spacial score (nSPS) is 14.1. The van der Waals surface area contributed by atoms with Crippen LogP contribution in [0.1, 0.15) is 123 Å². The molecule has 0 spiro atoms. The first-order chi connectivity index (χ1) is 37.5. The van der Waals surface area contributed by atoms with E-state index in [-0.39, 0.29) is 35.9 Å². The fourth-order valence-electron chi connectivity index (χ4n) is 8.58. The van der Waals surface area contributed by atoms with Crippen molar-refractivity contribution in [1.29, 1.82) is 10.8 Å². The molecule has 17 nitrogen and oxygen atoms in total. The summed E-state index contributed by atoms with van der Waals surface area (Å²) in [5, 5.41) is 25.1. The summed E-state index contributed by atoms with van der Waals surface area (Å²) in [6, 6.07) is 18.0. The third-order valence-corrected chi connectivity index (χ3v) is 12.8. The van der Waals surface area contributed by atoms with Gasteiger partial charge in [0.1, 0.15) is 24.0 Å². The van der Waals surface area contributed by atoms with Gasteiger partial charge in [-0.3, -0.25) is 15.6 Å². The zero-order valence-corrected chi connectivity index (χ0v) is 48.3. The highest BCUT2D eigenvalue weighted by molar-refractivity contribution is 6.07. The Labute approximate surface area is 464 Å². The third-order valence-electron chi connectivity index (χ3n) is 12.8. The summed E-state index contributed by atoms with van der Waals surface area (Å²) in [7, 11) is 2.18. The highest BCUT2D eigenvalue weighted by atomic mass is 16.6. The minimum Gasteiger partial charge on any atom is -0.491 e. The molecule has 0 radical (unpaired) electrons. The van der Waals surface area contributed by atoms with Crippen molar-refractivity contribution in [1.82, 2.24) is 20.4 Å². The van der Waals surface area contributed by atoms with E-state index in [4.69, 9.17) is 53.8 Å². The smallest absolute Gasteiger partial charge is 0.223 e. The topological polar surface area (TPSA) is 204 Å². The predicted octanol–water partition coefficient (Wildman–Crippen LogP) is 8.61. The molecular weight excluding hydrogens is 979 g/mol. The molecular formula is C60H101N7O10. The van der Waals surface area contributed by atoms with E-state index in [2.05, 4.69) is 67.8 Å². The molecule has 1 aliphatic rings. The number of carbonyl (C=O) groups excluding carboxylic acids is 1. The largest absolute Gasteiger partial charge is 0.491 e. The number of hydrogen-bond donors (Lipinski definition) is 5. The number of amides is 1. The number of carbonyl (C=O) groups is 1. The number of terminal acetylenes is 1. The molecule has 3 rings (SSSR count). The maximum absolute atomic E-state index is 13.4. The van der Waals surface area contributed by atoms with Crippen LogP contribution in [0.2, 0.25) is 0 Å². The van der Waals surface area contributed by atoms with E-state index in [1.165, 1.54) is 6.42 Å². The lowest BCUT2D eigenvalue weighted by Gasteiger charge is -2.38. The third kappa shape index (κ3) is 32.2.